The van der Waals surface area contributed by atoms with Crippen LogP contribution in [0.4, 0.5) is 0 Å². The van der Waals surface area contributed by atoms with E-state index < -0.39 is 11.6 Å². The van der Waals surface area contributed by atoms with Crippen LogP contribution in [0.15, 0.2) is 30.3 Å². The molecule has 0 radical (unpaired) electrons. The maximum Gasteiger partial charge on any atom is 0.303 e. The fourth-order valence-electron chi connectivity index (χ4n) is 3.42. The quantitative estimate of drug-likeness (QED) is 0.865. The molecule has 1 aromatic rings. The van der Waals surface area contributed by atoms with Crippen LogP contribution in [0.5, 0.6) is 0 Å². The van der Waals surface area contributed by atoms with Gasteiger partial charge in [0.25, 0.3) is 0 Å². The predicted molar refractivity (Wildman–Crippen MR) is 94.0 cm³/mol. The third kappa shape index (κ3) is 5.48. The zero-order valence-electron chi connectivity index (χ0n) is 13.8. The summed E-state index contributed by atoms with van der Waals surface area (Å²) in [6, 6.07) is 10.8. The maximum absolute atomic E-state index is 10.9. The molecule has 2 atom stereocenters. The molecule has 0 saturated carbocycles. The standard InChI is InChI=1S/C15H21NO.C3H6O2.ClH/c17-15(13-6-2-1-3-7-13)9-11-16-10-5-4-8-14(16)12-15;1-2-3(4)5;/h1-3,6-7,14,17H,4-5,8-12H2;2H2,1H3,(H,4,5);1H/t14-,15+;;/m1../s1. The van der Waals surface area contributed by atoms with Gasteiger partial charge in [-0.05, 0) is 37.8 Å². The summed E-state index contributed by atoms with van der Waals surface area (Å²) >= 11 is 0. The van der Waals surface area contributed by atoms with Gasteiger partial charge in [-0.25, -0.2) is 0 Å². The third-order valence-corrected chi connectivity index (χ3v) is 4.75. The second-order valence-electron chi connectivity index (χ2n) is 6.28. The highest BCUT2D eigenvalue weighted by molar-refractivity contribution is 5.85. The summed E-state index contributed by atoms with van der Waals surface area (Å²) in [6.45, 7) is 3.88. The highest BCUT2D eigenvalue weighted by Gasteiger charge is 2.39. The van der Waals surface area contributed by atoms with Crippen molar-refractivity contribution in [3.8, 4) is 0 Å². The molecule has 0 aromatic heterocycles. The number of carboxylic acids is 1. The summed E-state index contributed by atoms with van der Waals surface area (Å²) in [5.41, 5.74) is 0.518. The lowest BCUT2D eigenvalue weighted by Crippen LogP contribution is -2.50. The smallest absolute Gasteiger partial charge is 0.303 e. The molecule has 2 fully saturated rings. The van der Waals surface area contributed by atoms with E-state index in [2.05, 4.69) is 17.0 Å². The van der Waals surface area contributed by atoms with Gasteiger partial charge < -0.3 is 15.1 Å². The van der Waals surface area contributed by atoms with E-state index in [1.807, 2.05) is 18.2 Å². The lowest BCUT2D eigenvalue weighted by molar-refractivity contribution is -0.136. The second-order valence-corrected chi connectivity index (χ2v) is 6.28. The molecular weight excluding hydrogens is 314 g/mol. The van der Waals surface area contributed by atoms with Gasteiger partial charge in [-0.2, -0.15) is 0 Å². The van der Waals surface area contributed by atoms with Crippen LogP contribution < -0.4 is 0 Å². The average Bonchev–Trinajstić information content (AvgIpc) is 2.56. The van der Waals surface area contributed by atoms with Crippen LogP contribution in [-0.4, -0.2) is 40.2 Å². The molecule has 130 valence electrons. The van der Waals surface area contributed by atoms with Crippen molar-refractivity contribution in [2.75, 3.05) is 13.1 Å². The minimum Gasteiger partial charge on any atom is -0.481 e. The van der Waals surface area contributed by atoms with E-state index in [9.17, 15) is 9.90 Å². The molecule has 2 heterocycles. The molecule has 2 saturated heterocycles. The van der Waals surface area contributed by atoms with Crippen LogP contribution in [0.3, 0.4) is 0 Å². The van der Waals surface area contributed by atoms with Gasteiger partial charge in [0.05, 0.1) is 5.60 Å². The lowest BCUT2D eigenvalue weighted by Gasteiger charge is -2.46. The summed E-state index contributed by atoms with van der Waals surface area (Å²) in [4.78, 5) is 11.9. The molecule has 0 aliphatic carbocycles. The number of carboxylic acid groups (broad SMARTS) is 1. The average molecular weight is 342 g/mol. The Morgan fingerprint density at radius 2 is 1.91 bits per heavy atom. The van der Waals surface area contributed by atoms with E-state index in [1.165, 1.54) is 25.8 Å². The normalized spacial score (nSPS) is 27.0. The number of rotatable bonds is 2. The Hall–Kier alpha value is -1.10. The van der Waals surface area contributed by atoms with E-state index >= 15 is 0 Å². The van der Waals surface area contributed by atoms with Gasteiger partial charge in [-0.3, -0.25) is 4.79 Å². The van der Waals surface area contributed by atoms with E-state index in [-0.39, 0.29) is 18.8 Å². The van der Waals surface area contributed by atoms with Gasteiger partial charge >= 0.3 is 5.97 Å². The Kier molecular flexibility index (Phi) is 8.03. The number of carbonyl (C=O) groups is 1. The molecular formula is C18H28ClNO3. The second kappa shape index (κ2) is 9.26. The number of piperidine rings is 2. The van der Waals surface area contributed by atoms with Crippen molar-refractivity contribution in [1.29, 1.82) is 0 Å². The number of fused-ring (bicyclic) bond motifs is 1. The van der Waals surface area contributed by atoms with Crippen molar-refractivity contribution in [3.63, 3.8) is 0 Å². The molecule has 23 heavy (non-hydrogen) atoms. The fourth-order valence-corrected chi connectivity index (χ4v) is 3.42. The number of hydrogen-bond donors (Lipinski definition) is 2. The van der Waals surface area contributed by atoms with Crippen LogP contribution in [0.2, 0.25) is 0 Å². The van der Waals surface area contributed by atoms with Gasteiger partial charge in [0, 0.05) is 19.0 Å². The summed E-state index contributed by atoms with van der Waals surface area (Å²) in [5, 5.41) is 18.6. The first kappa shape index (κ1) is 19.9. The maximum atomic E-state index is 10.9. The van der Waals surface area contributed by atoms with Gasteiger partial charge in [-0.1, -0.05) is 43.7 Å². The molecule has 0 amide bonds. The zero-order valence-corrected chi connectivity index (χ0v) is 14.6. The number of aliphatic carboxylic acids is 1. The van der Waals surface area contributed by atoms with Crippen LogP contribution in [-0.2, 0) is 10.4 Å². The van der Waals surface area contributed by atoms with Gasteiger partial charge in [0.15, 0.2) is 0 Å². The largest absolute Gasteiger partial charge is 0.481 e. The Labute approximate surface area is 144 Å². The van der Waals surface area contributed by atoms with Crippen LogP contribution in [0.25, 0.3) is 0 Å². The molecule has 0 unspecified atom stereocenters. The van der Waals surface area contributed by atoms with Crippen molar-refractivity contribution in [3.05, 3.63) is 35.9 Å². The summed E-state index contributed by atoms with van der Waals surface area (Å²) < 4.78 is 0. The van der Waals surface area contributed by atoms with Crippen molar-refractivity contribution in [1.82, 2.24) is 4.90 Å². The molecule has 0 bridgehead atoms. The van der Waals surface area contributed by atoms with Gasteiger partial charge in [-0.15, -0.1) is 12.4 Å². The van der Waals surface area contributed by atoms with Crippen LogP contribution >= 0.6 is 12.4 Å². The Morgan fingerprint density at radius 3 is 2.52 bits per heavy atom. The summed E-state index contributed by atoms with van der Waals surface area (Å²) in [5.74, 6) is -0.745. The lowest BCUT2D eigenvalue weighted by atomic mass is 9.78. The van der Waals surface area contributed by atoms with Gasteiger partial charge in [0.2, 0.25) is 0 Å². The first-order valence-corrected chi connectivity index (χ1v) is 8.29. The van der Waals surface area contributed by atoms with E-state index in [0.717, 1.165) is 24.9 Å². The van der Waals surface area contributed by atoms with Crippen molar-refractivity contribution >= 4 is 18.4 Å². The molecule has 1 aromatic carbocycles. The Morgan fingerprint density at radius 1 is 1.26 bits per heavy atom. The van der Waals surface area contributed by atoms with Crippen LogP contribution in [0.1, 0.15) is 51.0 Å². The monoisotopic (exact) mass is 341 g/mol. The number of hydrogen-bond acceptors (Lipinski definition) is 3. The molecule has 2 aliphatic rings. The van der Waals surface area contributed by atoms with E-state index in [4.69, 9.17) is 5.11 Å². The number of aliphatic hydroxyl groups is 1. The molecule has 4 nitrogen and oxygen atoms in total. The summed E-state index contributed by atoms with van der Waals surface area (Å²) in [6.07, 6.45) is 5.94. The molecule has 0 spiro atoms. The minimum atomic E-state index is -0.745. The zero-order chi connectivity index (χ0) is 16.0. The fraction of sp³-hybridized carbons (Fsp3) is 0.611. The highest BCUT2D eigenvalue weighted by Crippen LogP contribution is 2.38. The minimum absolute atomic E-state index is 0. The number of halogens is 1. The SMILES string of the molecule is CCC(=O)O.Cl.O[C@@]1(c2ccccc2)CCN2CCCC[C@@H]2C1. The predicted octanol–water partition coefficient (Wildman–Crippen LogP) is 3.43. The van der Waals surface area contributed by atoms with Crippen molar-refractivity contribution in [2.24, 2.45) is 0 Å². The van der Waals surface area contributed by atoms with E-state index in [1.54, 1.807) is 6.92 Å². The van der Waals surface area contributed by atoms with Crippen LogP contribution in [0, 0.1) is 0 Å². The highest BCUT2D eigenvalue weighted by atomic mass is 35.5. The topological polar surface area (TPSA) is 60.8 Å². The first-order chi connectivity index (χ1) is 10.5. The molecule has 5 heteroatoms. The molecule has 2 aliphatic heterocycles. The number of nitrogens with zero attached hydrogens (tertiary/aromatic N) is 1. The third-order valence-electron chi connectivity index (χ3n) is 4.75. The number of benzene rings is 1. The molecule has 3 rings (SSSR count). The first-order valence-electron chi connectivity index (χ1n) is 8.29. The van der Waals surface area contributed by atoms with E-state index in [0.29, 0.717) is 6.04 Å². The summed E-state index contributed by atoms with van der Waals surface area (Å²) in [7, 11) is 0. The van der Waals surface area contributed by atoms with Gasteiger partial charge in [0.1, 0.15) is 0 Å². The molecule has 2 N–H and O–H groups in total. The van der Waals surface area contributed by atoms with Crippen molar-refractivity contribution in [2.45, 2.75) is 57.1 Å². The Bertz CT molecular complexity index is 482. The van der Waals surface area contributed by atoms with Crippen molar-refractivity contribution < 1.29 is 15.0 Å². The Balaban J connectivity index is 0.000000390.